The van der Waals surface area contributed by atoms with Crippen LogP contribution < -0.4 is 9.74 Å². The Morgan fingerprint density at radius 1 is 1.04 bits per heavy atom. The van der Waals surface area contributed by atoms with Crippen molar-refractivity contribution in [3.8, 4) is 23.1 Å². The van der Waals surface area contributed by atoms with Gasteiger partial charge >= 0.3 is 15.6 Å². The molecule has 0 aliphatic carbocycles. The second-order valence-corrected chi connectivity index (χ2v) is 6.94. The van der Waals surface area contributed by atoms with Crippen LogP contribution >= 0.6 is 0 Å². The summed E-state index contributed by atoms with van der Waals surface area (Å²) in [7, 11) is -5.77. The normalized spacial score (nSPS) is 11.9. The van der Waals surface area contributed by atoms with Gasteiger partial charge in [-0.15, -0.1) is 0 Å². The molecule has 0 saturated carbocycles. The quantitative estimate of drug-likeness (QED) is 0.543. The Balaban J connectivity index is 2.01. The monoisotopic (exact) mass is 394 g/mol. The highest BCUT2D eigenvalue weighted by Gasteiger charge is 2.48. The number of alkyl halides is 3. The second kappa shape index (κ2) is 6.44. The van der Waals surface area contributed by atoms with Crippen LogP contribution in [0.5, 0.6) is 5.75 Å². The molecule has 0 bridgehead atoms. The first-order valence-electron chi connectivity index (χ1n) is 7.30. The molecule has 0 aliphatic heterocycles. The highest BCUT2D eigenvalue weighted by Crippen LogP contribution is 2.29. The Morgan fingerprint density at radius 2 is 1.70 bits per heavy atom. The fourth-order valence-electron chi connectivity index (χ4n) is 2.41. The number of aromatic amines is 1. The van der Waals surface area contributed by atoms with E-state index >= 15 is 0 Å². The number of nitrogens with zero attached hydrogens (tertiary/aromatic N) is 1. The molecule has 0 fully saturated rings. The predicted molar refractivity (Wildman–Crippen MR) is 90.3 cm³/mol. The summed E-state index contributed by atoms with van der Waals surface area (Å²) < 4.78 is 63.1. The molecule has 1 aromatic heterocycles. The van der Waals surface area contributed by atoms with Crippen LogP contribution in [-0.2, 0) is 10.1 Å². The standard InChI is InChI=1S/C17H9F3N2O4S/c18-17(19,20)27(24,25)26-12-6-4-10(5-7-12)15-8-14-11(9-21)2-1-3-13(14)16(23)22-15/h1-8H,(H,22,23). The minimum atomic E-state index is -5.77. The number of halogens is 3. The average molecular weight is 394 g/mol. The van der Waals surface area contributed by atoms with E-state index in [1.807, 2.05) is 6.07 Å². The van der Waals surface area contributed by atoms with Gasteiger partial charge in [0.1, 0.15) is 5.75 Å². The van der Waals surface area contributed by atoms with Crippen molar-refractivity contribution in [2.75, 3.05) is 0 Å². The number of pyridine rings is 1. The fraction of sp³-hybridized carbons (Fsp3) is 0.0588. The third-order valence-electron chi connectivity index (χ3n) is 3.66. The highest BCUT2D eigenvalue weighted by molar-refractivity contribution is 7.88. The van der Waals surface area contributed by atoms with E-state index in [1.54, 1.807) is 24.3 Å². The fourth-order valence-corrected chi connectivity index (χ4v) is 2.86. The van der Waals surface area contributed by atoms with Crippen molar-refractivity contribution in [3.63, 3.8) is 0 Å². The minimum absolute atomic E-state index is 0.288. The van der Waals surface area contributed by atoms with Gasteiger partial charge in [-0.05, 0) is 48.0 Å². The summed E-state index contributed by atoms with van der Waals surface area (Å²) in [6.45, 7) is 0. The van der Waals surface area contributed by atoms with E-state index in [9.17, 15) is 31.6 Å². The maximum Gasteiger partial charge on any atom is 0.534 e. The minimum Gasteiger partial charge on any atom is -0.376 e. The number of nitriles is 1. The molecule has 2 aromatic carbocycles. The van der Waals surface area contributed by atoms with E-state index in [0.717, 1.165) is 12.1 Å². The molecule has 0 aliphatic rings. The van der Waals surface area contributed by atoms with Gasteiger partial charge in [-0.3, -0.25) is 4.79 Å². The van der Waals surface area contributed by atoms with Crippen LogP contribution in [0, 0.1) is 11.3 Å². The van der Waals surface area contributed by atoms with Crippen molar-refractivity contribution in [1.82, 2.24) is 4.98 Å². The van der Waals surface area contributed by atoms with Crippen LogP contribution in [0.25, 0.3) is 22.0 Å². The second-order valence-electron chi connectivity index (χ2n) is 5.40. The number of nitrogens with one attached hydrogen (secondary N) is 1. The Bertz CT molecular complexity index is 1220. The first kappa shape index (κ1) is 18.5. The van der Waals surface area contributed by atoms with Crippen molar-refractivity contribution in [2.45, 2.75) is 5.51 Å². The van der Waals surface area contributed by atoms with Gasteiger partial charge in [0.05, 0.1) is 11.6 Å². The first-order valence-corrected chi connectivity index (χ1v) is 8.70. The lowest BCUT2D eigenvalue weighted by Crippen LogP contribution is -2.28. The van der Waals surface area contributed by atoms with E-state index in [-0.39, 0.29) is 5.56 Å². The summed E-state index contributed by atoms with van der Waals surface area (Å²) in [4.78, 5) is 14.8. The van der Waals surface area contributed by atoms with Crippen LogP contribution in [0.4, 0.5) is 13.2 Å². The third kappa shape index (κ3) is 3.50. The largest absolute Gasteiger partial charge is 0.534 e. The van der Waals surface area contributed by atoms with Crippen LogP contribution in [0.15, 0.2) is 53.3 Å². The number of rotatable bonds is 3. The molecular weight excluding hydrogens is 385 g/mol. The molecule has 1 N–H and O–H groups in total. The number of aromatic nitrogens is 1. The van der Waals surface area contributed by atoms with Gasteiger partial charge in [0.25, 0.3) is 5.56 Å². The smallest absolute Gasteiger partial charge is 0.376 e. The Labute approximate surface area is 150 Å². The number of H-pyrrole nitrogens is 1. The summed E-state index contributed by atoms with van der Waals surface area (Å²) in [5.41, 5.74) is -5.00. The molecule has 10 heteroatoms. The van der Waals surface area contributed by atoms with Crippen LogP contribution in [-0.4, -0.2) is 18.9 Å². The van der Waals surface area contributed by atoms with Crippen molar-refractivity contribution >= 4 is 20.9 Å². The Morgan fingerprint density at radius 3 is 2.30 bits per heavy atom. The molecule has 27 heavy (non-hydrogen) atoms. The molecule has 0 amide bonds. The summed E-state index contributed by atoms with van der Waals surface area (Å²) in [5, 5.41) is 9.90. The third-order valence-corrected chi connectivity index (χ3v) is 4.64. The predicted octanol–water partition coefficient (Wildman–Crippen LogP) is 3.30. The van der Waals surface area contributed by atoms with E-state index in [2.05, 4.69) is 9.17 Å². The van der Waals surface area contributed by atoms with Gasteiger partial charge in [0, 0.05) is 16.5 Å². The van der Waals surface area contributed by atoms with E-state index < -0.39 is 26.9 Å². The highest BCUT2D eigenvalue weighted by atomic mass is 32.2. The lowest BCUT2D eigenvalue weighted by molar-refractivity contribution is -0.0500. The van der Waals surface area contributed by atoms with Crippen molar-refractivity contribution in [2.24, 2.45) is 0 Å². The van der Waals surface area contributed by atoms with E-state index in [1.165, 1.54) is 12.1 Å². The molecule has 3 aromatic rings. The van der Waals surface area contributed by atoms with Crippen molar-refractivity contribution in [3.05, 3.63) is 64.4 Å². The maximum absolute atomic E-state index is 12.3. The SMILES string of the molecule is N#Cc1cccc2c(=O)[nH]c(-c3ccc(OS(=O)(=O)C(F)(F)F)cc3)cc12. The van der Waals surface area contributed by atoms with E-state index in [4.69, 9.17) is 0 Å². The van der Waals surface area contributed by atoms with Crippen molar-refractivity contribution < 1.29 is 25.8 Å². The summed E-state index contributed by atoms with van der Waals surface area (Å²) in [6, 6.07) is 12.8. The van der Waals surface area contributed by atoms with Gasteiger partial charge in [-0.2, -0.15) is 26.9 Å². The number of benzene rings is 2. The van der Waals surface area contributed by atoms with Gasteiger partial charge in [0.2, 0.25) is 0 Å². The Hall–Kier alpha value is -3.32. The van der Waals surface area contributed by atoms with Crippen molar-refractivity contribution in [1.29, 1.82) is 5.26 Å². The molecule has 0 saturated heterocycles. The number of hydrogen-bond donors (Lipinski definition) is 1. The molecule has 0 spiro atoms. The summed E-state index contributed by atoms with van der Waals surface area (Å²) in [6.07, 6.45) is 0. The molecule has 138 valence electrons. The Kier molecular flexibility index (Phi) is 4.41. The van der Waals surface area contributed by atoms with E-state index in [0.29, 0.717) is 22.0 Å². The van der Waals surface area contributed by atoms with Gasteiger partial charge < -0.3 is 9.17 Å². The molecule has 1 heterocycles. The van der Waals surface area contributed by atoms with Gasteiger partial charge in [-0.1, -0.05) is 6.07 Å². The van der Waals surface area contributed by atoms with Gasteiger partial charge in [-0.25, -0.2) is 0 Å². The molecule has 6 nitrogen and oxygen atoms in total. The zero-order valence-corrected chi connectivity index (χ0v) is 14.1. The zero-order valence-electron chi connectivity index (χ0n) is 13.2. The summed E-state index contributed by atoms with van der Waals surface area (Å²) >= 11 is 0. The zero-order chi connectivity index (χ0) is 19.8. The summed E-state index contributed by atoms with van der Waals surface area (Å²) in [5.74, 6) is -0.531. The van der Waals surface area contributed by atoms with Crippen LogP contribution in [0.2, 0.25) is 0 Å². The number of fused-ring (bicyclic) bond motifs is 1. The lowest BCUT2D eigenvalue weighted by atomic mass is 10.0. The molecule has 0 atom stereocenters. The maximum atomic E-state index is 12.3. The molecule has 0 unspecified atom stereocenters. The average Bonchev–Trinajstić information content (AvgIpc) is 2.60. The van der Waals surface area contributed by atoms with Crippen LogP contribution in [0.3, 0.4) is 0 Å². The molecule has 3 rings (SSSR count). The molecular formula is C17H9F3N2O4S. The van der Waals surface area contributed by atoms with Crippen LogP contribution in [0.1, 0.15) is 5.56 Å². The lowest BCUT2D eigenvalue weighted by Gasteiger charge is -2.10. The first-order chi connectivity index (χ1) is 12.6. The molecule has 0 radical (unpaired) electrons. The number of hydrogen-bond acceptors (Lipinski definition) is 5. The van der Waals surface area contributed by atoms with Gasteiger partial charge in [0.15, 0.2) is 0 Å². The topological polar surface area (TPSA) is 100 Å².